The van der Waals surface area contributed by atoms with Crippen LogP contribution in [0.2, 0.25) is 0 Å². The van der Waals surface area contributed by atoms with Gasteiger partial charge in [0.1, 0.15) is 0 Å². The lowest BCUT2D eigenvalue weighted by Crippen LogP contribution is -2.12. The third kappa shape index (κ3) is 3.62. The van der Waals surface area contributed by atoms with Crippen LogP contribution in [-0.4, -0.2) is 10.9 Å². The Hall–Kier alpha value is -2.67. The average Bonchev–Trinajstić information content (AvgIpc) is 3.05. The Balaban J connectivity index is 1.73. The number of aromatic nitrogens is 1. The van der Waals surface area contributed by atoms with Gasteiger partial charge >= 0.3 is 6.18 Å². The van der Waals surface area contributed by atoms with Gasteiger partial charge in [-0.1, -0.05) is 42.5 Å². The number of benzene rings is 2. The van der Waals surface area contributed by atoms with Crippen molar-refractivity contribution in [2.75, 3.05) is 5.32 Å². The number of anilines is 1. The predicted octanol–water partition coefficient (Wildman–Crippen LogP) is 5.08. The maximum absolute atomic E-state index is 12.5. The van der Waals surface area contributed by atoms with Crippen LogP contribution in [0.15, 0.2) is 60.0 Å². The number of amides is 1. The molecule has 0 saturated carbocycles. The second kappa shape index (κ2) is 6.45. The molecule has 1 aromatic heterocycles. The minimum atomic E-state index is -4.52. The van der Waals surface area contributed by atoms with Crippen molar-refractivity contribution in [1.82, 2.24) is 4.98 Å². The first-order valence-electron chi connectivity index (χ1n) is 6.93. The number of halogens is 3. The van der Waals surface area contributed by atoms with Crippen molar-refractivity contribution in [3.05, 3.63) is 71.2 Å². The van der Waals surface area contributed by atoms with E-state index in [4.69, 9.17) is 0 Å². The van der Waals surface area contributed by atoms with E-state index in [-0.39, 0.29) is 5.13 Å². The zero-order valence-corrected chi connectivity index (χ0v) is 13.0. The molecule has 0 aliphatic rings. The van der Waals surface area contributed by atoms with E-state index < -0.39 is 17.8 Å². The molecule has 0 saturated heterocycles. The number of thiazole rings is 1. The molecule has 0 aliphatic carbocycles. The van der Waals surface area contributed by atoms with Crippen LogP contribution in [0.4, 0.5) is 18.3 Å². The van der Waals surface area contributed by atoms with E-state index in [9.17, 15) is 18.0 Å². The highest BCUT2D eigenvalue weighted by Gasteiger charge is 2.33. The summed E-state index contributed by atoms with van der Waals surface area (Å²) in [6, 6.07) is 16.4. The normalized spacial score (nSPS) is 11.3. The molecule has 3 nitrogen and oxygen atoms in total. The number of carbonyl (C=O) groups is 1. The number of rotatable bonds is 3. The quantitative estimate of drug-likeness (QED) is 0.717. The summed E-state index contributed by atoms with van der Waals surface area (Å²) in [5.41, 5.74) is 1.29. The van der Waals surface area contributed by atoms with Crippen LogP contribution in [0.5, 0.6) is 0 Å². The van der Waals surface area contributed by atoms with E-state index >= 15 is 0 Å². The van der Waals surface area contributed by atoms with Gasteiger partial charge in [0.2, 0.25) is 0 Å². The lowest BCUT2D eigenvalue weighted by Gasteiger charge is -2.05. The average molecular weight is 348 g/mol. The first-order chi connectivity index (χ1) is 11.4. The lowest BCUT2D eigenvalue weighted by molar-refractivity contribution is -0.140. The van der Waals surface area contributed by atoms with Gasteiger partial charge in [-0.3, -0.25) is 10.1 Å². The number of nitrogens with zero attached hydrogens (tertiary/aromatic N) is 1. The summed E-state index contributed by atoms with van der Waals surface area (Å²) >= 11 is 0.736. The number of alkyl halides is 3. The highest BCUT2D eigenvalue weighted by Crippen LogP contribution is 2.31. The molecular weight excluding hydrogens is 337 g/mol. The van der Waals surface area contributed by atoms with Gasteiger partial charge in [-0.05, 0) is 23.3 Å². The van der Waals surface area contributed by atoms with E-state index in [1.54, 1.807) is 24.3 Å². The van der Waals surface area contributed by atoms with Gasteiger partial charge in [0, 0.05) is 10.9 Å². The van der Waals surface area contributed by atoms with Gasteiger partial charge < -0.3 is 0 Å². The fourth-order valence-corrected chi connectivity index (χ4v) is 2.79. The highest BCUT2D eigenvalue weighted by atomic mass is 32.1. The van der Waals surface area contributed by atoms with Gasteiger partial charge in [0.15, 0.2) is 10.8 Å². The standard InChI is InChI=1S/C17H11F3N2OS/c18-17(19,20)14-10-24-16(21-14)22-15(23)13-8-6-12(7-9-13)11-4-2-1-3-5-11/h1-10H,(H,21,22,23). The largest absolute Gasteiger partial charge is 0.434 e. The molecule has 0 spiro atoms. The highest BCUT2D eigenvalue weighted by molar-refractivity contribution is 7.14. The molecule has 3 rings (SSSR count). The van der Waals surface area contributed by atoms with E-state index in [0.29, 0.717) is 5.56 Å². The van der Waals surface area contributed by atoms with Gasteiger partial charge in [0.05, 0.1) is 0 Å². The third-order valence-corrected chi connectivity index (χ3v) is 4.03. The van der Waals surface area contributed by atoms with Crippen LogP contribution < -0.4 is 5.32 Å². The minimum Gasteiger partial charge on any atom is -0.298 e. The van der Waals surface area contributed by atoms with Crippen molar-refractivity contribution >= 4 is 22.4 Å². The Morgan fingerprint density at radius 1 is 0.958 bits per heavy atom. The fraction of sp³-hybridized carbons (Fsp3) is 0.0588. The number of nitrogens with one attached hydrogen (secondary N) is 1. The predicted molar refractivity (Wildman–Crippen MR) is 86.9 cm³/mol. The summed E-state index contributed by atoms with van der Waals surface area (Å²) in [5.74, 6) is -0.502. The van der Waals surface area contributed by atoms with Gasteiger partial charge in [-0.2, -0.15) is 13.2 Å². The van der Waals surface area contributed by atoms with Crippen molar-refractivity contribution in [3.8, 4) is 11.1 Å². The van der Waals surface area contributed by atoms with Crippen molar-refractivity contribution in [2.24, 2.45) is 0 Å². The molecule has 0 radical (unpaired) electrons. The van der Waals surface area contributed by atoms with Crippen molar-refractivity contribution < 1.29 is 18.0 Å². The molecule has 0 aliphatic heterocycles. The SMILES string of the molecule is O=C(Nc1nc(C(F)(F)F)cs1)c1ccc(-c2ccccc2)cc1. The molecule has 1 heterocycles. The molecular formula is C17H11F3N2OS. The molecule has 0 bridgehead atoms. The Labute approximate surface area is 139 Å². The zero-order chi connectivity index (χ0) is 17.2. The van der Waals surface area contributed by atoms with E-state index in [1.807, 2.05) is 30.3 Å². The van der Waals surface area contributed by atoms with Crippen molar-refractivity contribution in [2.45, 2.75) is 6.18 Å². The third-order valence-electron chi connectivity index (χ3n) is 3.27. The first-order valence-corrected chi connectivity index (χ1v) is 7.81. The molecule has 0 fully saturated rings. The Bertz CT molecular complexity index is 842. The summed E-state index contributed by atoms with van der Waals surface area (Å²) in [6.45, 7) is 0. The smallest absolute Gasteiger partial charge is 0.298 e. The maximum Gasteiger partial charge on any atom is 0.434 e. The van der Waals surface area contributed by atoms with E-state index in [1.165, 1.54) is 0 Å². The fourth-order valence-electron chi connectivity index (χ4n) is 2.08. The second-order valence-corrected chi connectivity index (χ2v) is 5.79. The van der Waals surface area contributed by atoms with Crippen LogP contribution in [0.1, 0.15) is 16.1 Å². The van der Waals surface area contributed by atoms with Crippen molar-refractivity contribution in [3.63, 3.8) is 0 Å². The van der Waals surface area contributed by atoms with E-state index in [2.05, 4.69) is 10.3 Å². The lowest BCUT2D eigenvalue weighted by atomic mass is 10.0. The summed E-state index contributed by atoms with van der Waals surface area (Å²) in [6.07, 6.45) is -4.52. The molecule has 24 heavy (non-hydrogen) atoms. The zero-order valence-electron chi connectivity index (χ0n) is 12.2. The molecule has 3 aromatic rings. The summed E-state index contributed by atoms with van der Waals surface area (Å²) < 4.78 is 37.5. The number of carbonyl (C=O) groups excluding carboxylic acids is 1. The maximum atomic E-state index is 12.5. The monoisotopic (exact) mass is 348 g/mol. The molecule has 0 unspecified atom stereocenters. The summed E-state index contributed by atoms with van der Waals surface area (Å²) in [7, 11) is 0. The van der Waals surface area contributed by atoms with Gasteiger partial charge in [-0.15, -0.1) is 11.3 Å². The molecule has 1 amide bonds. The second-order valence-electron chi connectivity index (χ2n) is 4.93. The number of hydrogen-bond donors (Lipinski definition) is 1. The molecule has 1 N–H and O–H groups in total. The molecule has 2 aromatic carbocycles. The first kappa shape index (κ1) is 16.2. The Morgan fingerprint density at radius 3 is 2.17 bits per heavy atom. The molecule has 7 heteroatoms. The minimum absolute atomic E-state index is 0.0838. The van der Waals surface area contributed by atoms with Crippen molar-refractivity contribution in [1.29, 1.82) is 0 Å². The topological polar surface area (TPSA) is 42.0 Å². The summed E-state index contributed by atoms with van der Waals surface area (Å²) in [5, 5.41) is 3.16. The molecule has 122 valence electrons. The van der Waals surface area contributed by atoms with Gasteiger partial charge in [0.25, 0.3) is 5.91 Å². The Kier molecular flexibility index (Phi) is 4.35. The van der Waals surface area contributed by atoms with Crippen LogP contribution in [0.3, 0.4) is 0 Å². The Morgan fingerprint density at radius 2 is 1.58 bits per heavy atom. The molecule has 0 atom stereocenters. The van der Waals surface area contributed by atoms with Crippen LogP contribution in [0.25, 0.3) is 11.1 Å². The van der Waals surface area contributed by atoms with E-state index in [0.717, 1.165) is 27.8 Å². The van der Waals surface area contributed by atoms with Crippen LogP contribution >= 0.6 is 11.3 Å². The van der Waals surface area contributed by atoms with Crippen LogP contribution in [0, 0.1) is 0 Å². The number of hydrogen-bond acceptors (Lipinski definition) is 3. The van der Waals surface area contributed by atoms with Crippen LogP contribution in [-0.2, 0) is 6.18 Å². The van der Waals surface area contributed by atoms with Gasteiger partial charge in [-0.25, -0.2) is 4.98 Å². The summed E-state index contributed by atoms with van der Waals surface area (Å²) in [4.78, 5) is 15.5.